The van der Waals surface area contributed by atoms with Gasteiger partial charge in [0.05, 0.1) is 10.6 Å². The molecule has 0 aromatic carbocycles. The lowest BCUT2D eigenvalue weighted by Crippen LogP contribution is -2.43. The van der Waals surface area contributed by atoms with Gasteiger partial charge in [0, 0.05) is 18.3 Å². The number of halogens is 2. The fourth-order valence-corrected chi connectivity index (χ4v) is 2.85. The topological polar surface area (TPSA) is 91.3 Å². The molecule has 0 bridgehead atoms. The normalized spacial score (nSPS) is 21.6. The Morgan fingerprint density at radius 1 is 1.14 bits per heavy atom. The van der Waals surface area contributed by atoms with Crippen LogP contribution in [0.15, 0.2) is 12.3 Å². The second-order valence-corrected chi connectivity index (χ2v) is 5.75. The van der Waals surface area contributed by atoms with E-state index in [2.05, 4.69) is 15.6 Å². The largest absolute Gasteiger partial charge is 0.465 e. The van der Waals surface area contributed by atoms with E-state index in [0.29, 0.717) is 12.8 Å². The number of nitrogens with one attached hydrogen (secondary N) is 2. The highest BCUT2D eigenvalue weighted by atomic mass is 35.5. The van der Waals surface area contributed by atoms with Crippen molar-refractivity contribution in [1.29, 1.82) is 0 Å². The van der Waals surface area contributed by atoms with Gasteiger partial charge >= 0.3 is 6.09 Å². The summed E-state index contributed by atoms with van der Waals surface area (Å²) in [5, 5.41) is 14.5. The number of aromatic nitrogens is 1. The summed E-state index contributed by atoms with van der Waals surface area (Å²) in [6, 6.07) is 1.39. The zero-order chi connectivity index (χ0) is 15.4. The molecule has 2 amide bonds. The summed E-state index contributed by atoms with van der Waals surface area (Å²) in [5.74, 6) is -0.293. The molecule has 0 spiro atoms. The van der Waals surface area contributed by atoms with E-state index in [9.17, 15) is 9.59 Å². The number of carbonyl (C=O) groups is 2. The number of carbonyl (C=O) groups excluding carboxylic acids is 1. The highest BCUT2D eigenvalue weighted by Gasteiger charge is 2.24. The van der Waals surface area contributed by atoms with Crippen molar-refractivity contribution in [3.05, 3.63) is 28.0 Å². The third-order valence-electron chi connectivity index (χ3n) is 3.45. The molecule has 0 atom stereocenters. The fourth-order valence-electron chi connectivity index (χ4n) is 2.39. The Bertz CT molecular complexity index is 545. The smallest absolute Gasteiger partial charge is 0.404 e. The Hall–Kier alpha value is -1.53. The predicted octanol–water partition coefficient (Wildman–Crippen LogP) is 2.70. The summed E-state index contributed by atoms with van der Waals surface area (Å²) in [4.78, 5) is 26.5. The first-order valence-corrected chi connectivity index (χ1v) is 7.32. The zero-order valence-electron chi connectivity index (χ0n) is 11.1. The number of carboxylic acid groups (broad SMARTS) is 1. The van der Waals surface area contributed by atoms with Gasteiger partial charge < -0.3 is 15.7 Å². The van der Waals surface area contributed by atoms with Crippen molar-refractivity contribution in [3.63, 3.8) is 0 Å². The molecule has 0 radical (unpaired) electrons. The Morgan fingerprint density at radius 3 is 2.24 bits per heavy atom. The highest BCUT2D eigenvalue weighted by Crippen LogP contribution is 2.21. The first kappa shape index (κ1) is 15.9. The number of pyridine rings is 1. The molecule has 1 heterocycles. The van der Waals surface area contributed by atoms with E-state index in [4.69, 9.17) is 28.3 Å². The number of amides is 2. The molecular formula is C13H15Cl2N3O3. The Kier molecular flexibility index (Phi) is 5.25. The molecule has 0 saturated heterocycles. The van der Waals surface area contributed by atoms with Gasteiger partial charge in [-0.15, -0.1) is 0 Å². The Labute approximate surface area is 131 Å². The highest BCUT2D eigenvalue weighted by molar-refractivity contribution is 6.36. The molecule has 1 aliphatic carbocycles. The van der Waals surface area contributed by atoms with Crippen molar-refractivity contribution in [2.45, 2.75) is 37.8 Å². The molecule has 1 fully saturated rings. The monoisotopic (exact) mass is 331 g/mol. The summed E-state index contributed by atoms with van der Waals surface area (Å²) in [5.41, 5.74) is 0.284. The van der Waals surface area contributed by atoms with Crippen molar-refractivity contribution in [1.82, 2.24) is 15.6 Å². The summed E-state index contributed by atoms with van der Waals surface area (Å²) < 4.78 is 0. The van der Waals surface area contributed by atoms with Gasteiger partial charge in [-0.1, -0.05) is 23.2 Å². The van der Waals surface area contributed by atoms with Gasteiger partial charge in [0.1, 0.15) is 5.15 Å². The molecule has 1 saturated carbocycles. The van der Waals surface area contributed by atoms with Crippen molar-refractivity contribution in [3.8, 4) is 0 Å². The Balaban J connectivity index is 1.88. The minimum absolute atomic E-state index is 0.0103. The number of hydrogen-bond acceptors (Lipinski definition) is 3. The van der Waals surface area contributed by atoms with E-state index in [1.807, 2.05) is 0 Å². The third kappa shape index (κ3) is 4.47. The molecular weight excluding hydrogens is 317 g/mol. The van der Waals surface area contributed by atoms with E-state index in [1.165, 1.54) is 12.3 Å². The standard InChI is InChI=1S/C13H15Cl2N3O3/c14-10-5-11(15)16-6-9(10)12(19)17-7-1-3-8(4-2-7)18-13(20)21/h5-8,18H,1-4H2,(H,17,19)(H,20,21)/t7-,8-. The van der Waals surface area contributed by atoms with Crippen LogP contribution < -0.4 is 10.6 Å². The molecule has 0 aliphatic heterocycles. The lowest BCUT2D eigenvalue weighted by Gasteiger charge is -2.28. The molecule has 1 aromatic heterocycles. The van der Waals surface area contributed by atoms with E-state index in [-0.39, 0.29) is 33.7 Å². The molecule has 1 aliphatic rings. The van der Waals surface area contributed by atoms with E-state index in [0.717, 1.165) is 12.8 Å². The van der Waals surface area contributed by atoms with Crippen LogP contribution in [0.3, 0.4) is 0 Å². The molecule has 21 heavy (non-hydrogen) atoms. The SMILES string of the molecule is O=C(O)N[C@H]1CC[C@H](NC(=O)c2cnc(Cl)cc2Cl)CC1. The van der Waals surface area contributed by atoms with Crippen LogP contribution in [0.25, 0.3) is 0 Å². The summed E-state index contributed by atoms with van der Waals surface area (Å²) in [7, 11) is 0. The van der Waals surface area contributed by atoms with Gasteiger partial charge in [0.25, 0.3) is 5.91 Å². The van der Waals surface area contributed by atoms with Crippen LogP contribution in [0, 0.1) is 0 Å². The molecule has 1 aromatic rings. The lowest BCUT2D eigenvalue weighted by molar-refractivity contribution is 0.0923. The number of nitrogens with zero attached hydrogens (tertiary/aromatic N) is 1. The van der Waals surface area contributed by atoms with Gasteiger partial charge in [0.15, 0.2) is 0 Å². The van der Waals surface area contributed by atoms with Crippen LogP contribution in [0.1, 0.15) is 36.0 Å². The van der Waals surface area contributed by atoms with Gasteiger partial charge in [-0.25, -0.2) is 9.78 Å². The number of hydrogen-bond donors (Lipinski definition) is 3. The molecule has 114 valence electrons. The van der Waals surface area contributed by atoms with E-state index < -0.39 is 6.09 Å². The zero-order valence-corrected chi connectivity index (χ0v) is 12.6. The Morgan fingerprint density at radius 2 is 1.71 bits per heavy atom. The molecule has 3 N–H and O–H groups in total. The molecule has 6 nitrogen and oxygen atoms in total. The van der Waals surface area contributed by atoms with Crippen molar-refractivity contribution in [2.75, 3.05) is 0 Å². The average Bonchev–Trinajstić information content (AvgIpc) is 2.40. The van der Waals surface area contributed by atoms with Crippen LogP contribution in [0.4, 0.5) is 4.79 Å². The van der Waals surface area contributed by atoms with Crippen LogP contribution in [0.5, 0.6) is 0 Å². The fraction of sp³-hybridized carbons (Fsp3) is 0.462. The average molecular weight is 332 g/mol. The minimum Gasteiger partial charge on any atom is -0.465 e. The van der Waals surface area contributed by atoms with Gasteiger partial charge in [-0.05, 0) is 31.7 Å². The van der Waals surface area contributed by atoms with Crippen LogP contribution in [0.2, 0.25) is 10.2 Å². The molecule has 2 rings (SSSR count). The third-order valence-corrected chi connectivity index (χ3v) is 3.97. The summed E-state index contributed by atoms with van der Waals surface area (Å²) in [6.45, 7) is 0. The summed E-state index contributed by atoms with van der Waals surface area (Å²) in [6.07, 6.45) is 3.16. The van der Waals surface area contributed by atoms with Gasteiger partial charge in [-0.2, -0.15) is 0 Å². The van der Waals surface area contributed by atoms with Gasteiger partial charge in [0.2, 0.25) is 0 Å². The van der Waals surface area contributed by atoms with E-state index >= 15 is 0 Å². The maximum atomic E-state index is 12.1. The maximum Gasteiger partial charge on any atom is 0.404 e. The van der Waals surface area contributed by atoms with E-state index in [1.54, 1.807) is 0 Å². The van der Waals surface area contributed by atoms with Crippen LogP contribution >= 0.6 is 23.2 Å². The minimum atomic E-state index is -1.01. The molecule has 8 heteroatoms. The van der Waals surface area contributed by atoms with Crippen LogP contribution in [-0.4, -0.2) is 34.2 Å². The first-order chi connectivity index (χ1) is 9.95. The van der Waals surface area contributed by atoms with Crippen molar-refractivity contribution < 1.29 is 14.7 Å². The quantitative estimate of drug-likeness (QED) is 0.742. The lowest BCUT2D eigenvalue weighted by atomic mass is 9.91. The maximum absolute atomic E-state index is 12.1. The van der Waals surface area contributed by atoms with Crippen molar-refractivity contribution >= 4 is 35.2 Å². The predicted molar refractivity (Wildman–Crippen MR) is 78.9 cm³/mol. The second kappa shape index (κ2) is 6.95. The molecule has 0 unspecified atom stereocenters. The number of rotatable bonds is 3. The van der Waals surface area contributed by atoms with Crippen molar-refractivity contribution in [2.24, 2.45) is 0 Å². The summed E-state index contributed by atoms with van der Waals surface area (Å²) >= 11 is 11.7. The second-order valence-electron chi connectivity index (χ2n) is 4.96. The van der Waals surface area contributed by atoms with Crippen LogP contribution in [-0.2, 0) is 0 Å². The van der Waals surface area contributed by atoms with Gasteiger partial charge in [-0.3, -0.25) is 4.79 Å². The first-order valence-electron chi connectivity index (χ1n) is 6.57.